The van der Waals surface area contributed by atoms with Crippen LogP contribution in [0.4, 0.5) is 0 Å². The van der Waals surface area contributed by atoms with Crippen molar-refractivity contribution < 1.29 is 19.1 Å². The van der Waals surface area contributed by atoms with Gasteiger partial charge < -0.3 is 9.47 Å². The molecule has 0 radical (unpaired) electrons. The number of allylic oxidation sites excluding steroid dienone is 2. The molecule has 0 atom stereocenters. The average Bonchev–Trinajstić information content (AvgIpc) is 2.63. The first-order valence-electron chi connectivity index (χ1n) is 7.65. The van der Waals surface area contributed by atoms with E-state index in [2.05, 4.69) is 13.2 Å². The maximum Gasteiger partial charge on any atom is 0.335 e. The number of fused-ring (bicyclic) bond motifs is 2. The van der Waals surface area contributed by atoms with Gasteiger partial charge in [0.25, 0.3) is 0 Å². The van der Waals surface area contributed by atoms with Crippen molar-refractivity contribution in [2.45, 2.75) is 12.8 Å². The summed E-state index contributed by atoms with van der Waals surface area (Å²) in [5.74, 6) is -0.257. The van der Waals surface area contributed by atoms with Gasteiger partial charge in [-0.05, 0) is 31.0 Å². The first-order chi connectivity index (χ1) is 12.0. The minimum Gasteiger partial charge on any atom is -0.422 e. The molecule has 0 aromatic heterocycles. The van der Waals surface area contributed by atoms with Crippen LogP contribution in [0.2, 0.25) is 5.02 Å². The molecule has 5 heteroatoms. The summed E-state index contributed by atoms with van der Waals surface area (Å²) in [7, 11) is 0. The van der Waals surface area contributed by atoms with Crippen LogP contribution in [0.1, 0.15) is 11.1 Å². The van der Waals surface area contributed by atoms with Gasteiger partial charge in [-0.2, -0.15) is 0 Å². The monoisotopic (exact) mass is 354 g/mol. The number of benzene rings is 2. The van der Waals surface area contributed by atoms with Crippen molar-refractivity contribution in [1.82, 2.24) is 0 Å². The van der Waals surface area contributed by atoms with Crippen LogP contribution in [0, 0.1) is 0 Å². The van der Waals surface area contributed by atoms with Gasteiger partial charge in [-0.15, -0.1) is 0 Å². The molecule has 0 amide bonds. The van der Waals surface area contributed by atoms with E-state index >= 15 is 0 Å². The number of halogens is 1. The highest BCUT2D eigenvalue weighted by Crippen LogP contribution is 2.44. The van der Waals surface area contributed by atoms with Crippen molar-refractivity contribution in [2.24, 2.45) is 0 Å². The number of carbonyl (C=O) groups is 2. The maximum absolute atomic E-state index is 11.8. The SMILES string of the molecule is C=CC(=O)Oc1c2c(c(OC(=O)C=C)c3cc(Cl)ccc13)CC=CC2. The molecule has 25 heavy (non-hydrogen) atoms. The van der Waals surface area contributed by atoms with Crippen molar-refractivity contribution in [3.8, 4) is 11.5 Å². The highest BCUT2D eigenvalue weighted by molar-refractivity contribution is 6.31. The molecule has 0 aliphatic heterocycles. The smallest absolute Gasteiger partial charge is 0.335 e. The zero-order valence-electron chi connectivity index (χ0n) is 13.4. The van der Waals surface area contributed by atoms with Gasteiger partial charge in [0, 0.05) is 39.1 Å². The minimum atomic E-state index is -0.561. The Labute approximate surface area is 150 Å². The fraction of sp³-hybridized carbons (Fsp3) is 0.100. The molecular formula is C20H15ClO4. The first-order valence-corrected chi connectivity index (χ1v) is 8.03. The Balaban J connectivity index is 2.35. The molecule has 1 aliphatic carbocycles. The fourth-order valence-electron chi connectivity index (χ4n) is 2.85. The topological polar surface area (TPSA) is 52.6 Å². The molecule has 0 spiro atoms. The average molecular weight is 355 g/mol. The maximum atomic E-state index is 11.8. The number of esters is 2. The van der Waals surface area contributed by atoms with Crippen LogP contribution in [-0.2, 0) is 22.4 Å². The molecule has 126 valence electrons. The summed E-state index contributed by atoms with van der Waals surface area (Å²) < 4.78 is 11.0. The number of rotatable bonds is 4. The van der Waals surface area contributed by atoms with Gasteiger partial charge in [0.1, 0.15) is 11.5 Å². The lowest BCUT2D eigenvalue weighted by molar-refractivity contribution is -0.130. The van der Waals surface area contributed by atoms with Gasteiger partial charge in [-0.1, -0.05) is 36.9 Å². The molecule has 0 unspecified atom stereocenters. The third kappa shape index (κ3) is 3.21. The largest absolute Gasteiger partial charge is 0.422 e. The quantitative estimate of drug-likeness (QED) is 0.355. The summed E-state index contributed by atoms with van der Waals surface area (Å²) in [4.78, 5) is 23.6. The molecule has 0 N–H and O–H groups in total. The van der Waals surface area contributed by atoms with Gasteiger partial charge >= 0.3 is 11.9 Å². The molecule has 2 aromatic carbocycles. The molecule has 0 bridgehead atoms. The Morgan fingerprint density at radius 2 is 1.44 bits per heavy atom. The van der Waals surface area contributed by atoms with Crippen molar-refractivity contribution in [3.05, 3.63) is 71.8 Å². The van der Waals surface area contributed by atoms with Crippen molar-refractivity contribution in [3.63, 3.8) is 0 Å². The van der Waals surface area contributed by atoms with Gasteiger partial charge in [0.2, 0.25) is 0 Å². The Morgan fingerprint density at radius 3 is 1.96 bits per heavy atom. The second-order valence-electron chi connectivity index (χ2n) is 5.44. The Bertz CT molecular complexity index is 941. The third-order valence-electron chi connectivity index (χ3n) is 3.93. The van der Waals surface area contributed by atoms with Crippen LogP contribution in [0.25, 0.3) is 10.8 Å². The lowest BCUT2D eigenvalue weighted by Gasteiger charge is -2.22. The van der Waals surface area contributed by atoms with E-state index in [-0.39, 0.29) is 0 Å². The molecular weight excluding hydrogens is 340 g/mol. The molecule has 1 aliphatic rings. The van der Waals surface area contributed by atoms with Crippen LogP contribution in [-0.4, -0.2) is 11.9 Å². The van der Waals surface area contributed by atoms with Crippen LogP contribution in [0.5, 0.6) is 11.5 Å². The van der Waals surface area contributed by atoms with E-state index in [9.17, 15) is 9.59 Å². The Kier molecular flexibility index (Phi) is 4.72. The van der Waals surface area contributed by atoms with Gasteiger partial charge in [0.05, 0.1) is 0 Å². The van der Waals surface area contributed by atoms with Crippen LogP contribution >= 0.6 is 11.6 Å². The standard InChI is InChI=1S/C20H15ClO4/c1-3-17(22)24-19-13-7-5-6-8-14(13)20(25-18(23)4-2)16-11-12(21)9-10-15(16)19/h3-6,9-11H,1-2,7-8H2. The fourth-order valence-corrected chi connectivity index (χ4v) is 3.03. The van der Waals surface area contributed by atoms with E-state index < -0.39 is 11.9 Å². The number of hydrogen-bond donors (Lipinski definition) is 0. The van der Waals surface area contributed by atoms with E-state index in [1.54, 1.807) is 18.2 Å². The van der Waals surface area contributed by atoms with E-state index in [0.717, 1.165) is 23.3 Å². The molecule has 0 heterocycles. The van der Waals surface area contributed by atoms with E-state index in [0.29, 0.717) is 40.1 Å². The third-order valence-corrected chi connectivity index (χ3v) is 4.17. The van der Waals surface area contributed by atoms with E-state index in [4.69, 9.17) is 21.1 Å². The van der Waals surface area contributed by atoms with Crippen molar-refractivity contribution >= 4 is 34.3 Å². The second-order valence-corrected chi connectivity index (χ2v) is 5.87. The number of carbonyl (C=O) groups excluding carboxylic acids is 2. The van der Waals surface area contributed by atoms with Crippen LogP contribution < -0.4 is 9.47 Å². The van der Waals surface area contributed by atoms with Gasteiger partial charge in [-0.3, -0.25) is 0 Å². The number of hydrogen-bond acceptors (Lipinski definition) is 4. The molecule has 0 fully saturated rings. The number of ether oxygens (including phenoxy) is 2. The van der Waals surface area contributed by atoms with E-state index in [1.807, 2.05) is 12.2 Å². The molecule has 0 saturated carbocycles. The predicted molar refractivity (Wildman–Crippen MR) is 97.2 cm³/mol. The molecule has 0 saturated heterocycles. The summed E-state index contributed by atoms with van der Waals surface area (Å²) in [6.07, 6.45) is 7.28. The highest BCUT2D eigenvalue weighted by atomic mass is 35.5. The summed E-state index contributed by atoms with van der Waals surface area (Å²) in [5, 5.41) is 1.72. The summed E-state index contributed by atoms with van der Waals surface area (Å²) >= 11 is 6.13. The first kappa shape index (κ1) is 17.0. The second kappa shape index (κ2) is 6.95. The lowest BCUT2D eigenvalue weighted by atomic mass is 9.90. The highest BCUT2D eigenvalue weighted by Gasteiger charge is 2.24. The minimum absolute atomic E-state index is 0.417. The van der Waals surface area contributed by atoms with E-state index in [1.165, 1.54) is 0 Å². The predicted octanol–water partition coefficient (Wildman–Crippen LogP) is 4.33. The summed E-state index contributed by atoms with van der Waals surface area (Å²) in [6, 6.07) is 5.12. The zero-order chi connectivity index (χ0) is 18.0. The van der Waals surface area contributed by atoms with Gasteiger partial charge in [0.15, 0.2) is 0 Å². The van der Waals surface area contributed by atoms with Crippen LogP contribution in [0.15, 0.2) is 55.7 Å². The lowest BCUT2D eigenvalue weighted by Crippen LogP contribution is -2.13. The van der Waals surface area contributed by atoms with Crippen molar-refractivity contribution in [2.75, 3.05) is 0 Å². The Morgan fingerprint density at radius 1 is 0.920 bits per heavy atom. The summed E-state index contributed by atoms with van der Waals surface area (Å²) in [6.45, 7) is 6.88. The molecule has 3 rings (SSSR count). The summed E-state index contributed by atoms with van der Waals surface area (Å²) in [5.41, 5.74) is 1.60. The zero-order valence-corrected chi connectivity index (χ0v) is 14.1. The van der Waals surface area contributed by atoms with Crippen LogP contribution in [0.3, 0.4) is 0 Å². The Hall–Kier alpha value is -2.85. The van der Waals surface area contributed by atoms with Gasteiger partial charge in [-0.25, -0.2) is 9.59 Å². The molecule has 2 aromatic rings. The molecule has 4 nitrogen and oxygen atoms in total. The normalized spacial score (nSPS) is 12.4. The van der Waals surface area contributed by atoms with Crippen molar-refractivity contribution in [1.29, 1.82) is 0 Å².